The summed E-state index contributed by atoms with van der Waals surface area (Å²) in [6.45, 7) is 6.22. The van der Waals surface area contributed by atoms with Crippen LogP contribution in [0, 0.1) is 25.7 Å². The maximum Gasteiger partial charge on any atom is 0.311 e. The zero-order valence-electron chi connectivity index (χ0n) is 19.0. The average molecular weight is 469 g/mol. The maximum atomic E-state index is 14.2. The topological polar surface area (TPSA) is 87.2 Å². The molecule has 1 N–H and O–H groups in total. The van der Waals surface area contributed by atoms with Gasteiger partial charge in [0.05, 0.1) is 23.2 Å². The molecule has 5 rings (SSSR count). The van der Waals surface area contributed by atoms with E-state index in [2.05, 4.69) is 0 Å². The fourth-order valence-corrected chi connectivity index (χ4v) is 8.29. The fourth-order valence-electron chi connectivity index (χ4n) is 6.14. The Morgan fingerprint density at radius 2 is 1.82 bits per heavy atom. The van der Waals surface area contributed by atoms with Crippen LogP contribution in [-0.4, -0.2) is 69.6 Å². The minimum absolute atomic E-state index is 0.0385. The Bertz CT molecular complexity index is 1080. The molecule has 0 aliphatic carbocycles. The van der Waals surface area contributed by atoms with Crippen molar-refractivity contribution in [1.29, 1.82) is 0 Å². The maximum absolute atomic E-state index is 14.2. The average Bonchev–Trinajstić information content (AvgIpc) is 3.01. The van der Waals surface area contributed by atoms with Crippen molar-refractivity contribution in [2.45, 2.75) is 36.3 Å². The first-order chi connectivity index (χ1) is 15.7. The minimum atomic E-state index is -0.922. The second kappa shape index (κ2) is 7.74. The smallest absolute Gasteiger partial charge is 0.311 e. The summed E-state index contributed by atoms with van der Waals surface area (Å²) < 4.78 is 3.82. The van der Waals surface area contributed by atoms with E-state index in [0.29, 0.717) is 6.54 Å². The molecule has 0 saturated carbocycles. The molecule has 174 valence electrons. The Morgan fingerprint density at radius 1 is 1.09 bits per heavy atom. The summed E-state index contributed by atoms with van der Waals surface area (Å²) in [5, 5.41) is 9.76. The SMILES string of the molecule is Cc1cccc(C)c1N1CC=C[C@]23S[C@@]4(C)C=CCOC(=O)[C@H]4[C@H]2C(=O)N(CCO)C3C1=O. The van der Waals surface area contributed by atoms with E-state index in [1.165, 1.54) is 16.7 Å². The highest BCUT2D eigenvalue weighted by Crippen LogP contribution is 2.65. The Labute approximate surface area is 197 Å². The monoisotopic (exact) mass is 468 g/mol. The molecule has 1 aromatic carbocycles. The minimum Gasteiger partial charge on any atom is -0.461 e. The zero-order chi connectivity index (χ0) is 23.5. The van der Waals surface area contributed by atoms with Crippen LogP contribution in [0.15, 0.2) is 42.5 Å². The van der Waals surface area contributed by atoms with E-state index in [0.717, 1.165) is 16.8 Å². The Hall–Kier alpha value is -2.58. The second-order valence-electron chi connectivity index (χ2n) is 9.38. The molecule has 0 radical (unpaired) electrons. The van der Waals surface area contributed by atoms with Crippen LogP contribution in [0.25, 0.3) is 0 Å². The first-order valence-corrected chi connectivity index (χ1v) is 12.1. The highest BCUT2D eigenvalue weighted by atomic mass is 32.2. The number of cyclic esters (lactones) is 1. The predicted molar refractivity (Wildman–Crippen MR) is 126 cm³/mol. The van der Waals surface area contributed by atoms with Gasteiger partial charge >= 0.3 is 5.97 Å². The van der Waals surface area contributed by atoms with Gasteiger partial charge in [0.25, 0.3) is 5.91 Å². The summed E-state index contributed by atoms with van der Waals surface area (Å²) in [5.74, 6) is -2.32. The van der Waals surface area contributed by atoms with Crippen LogP contribution in [0.3, 0.4) is 0 Å². The number of benzene rings is 1. The van der Waals surface area contributed by atoms with Gasteiger partial charge in [-0.25, -0.2) is 0 Å². The van der Waals surface area contributed by atoms with Crippen molar-refractivity contribution in [3.63, 3.8) is 0 Å². The van der Waals surface area contributed by atoms with E-state index in [-0.39, 0.29) is 31.6 Å². The van der Waals surface area contributed by atoms with E-state index < -0.39 is 33.3 Å². The van der Waals surface area contributed by atoms with Crippen molar-refractivity contribution in [2.75, 3.05) is 31.2 Å². The van der Waals surface area contributed by atoms with Crippen LogP contribution in [0.1, 0.15) is 18.1 Å². The van der Waals surface area contributed by atoms with E-state index in [9.17, 15) is 19.5 Å². The number of ether oxygens (including phenoxy) is 1. The van der Waals surface area contributed by atoms with Gasteiger partial charge in [-0.3, -0.25) is 14.4 Å². The third-order valence-electron chi connectivity index (χ3n) is 7.36. The standard InChI is InChI=1S/C25H28N2O5S/c1-15-7-4-8-16(2)19(15)26-11-5-10-25-17(21(29)27(12-13-28)20(25)22(26)30)18-23(31)32-14-6-9-24(18,3)33-25/h4-10,17-18,20,28H,11-14H2,1-3H3/t17-,18+,20?,24-,25-/m0/s1. The summed E-state index contributed by atoms with van der Waals surface area (Å²) >= 11 is 1.51. The number of hydrogen-bond acceptors (Lipinski definition) is 6. The quantitative estimate of drug-likeness (QED) is 0.539. The van der Waals surface area contributed by atoms with Crippen molar-refractivity contribution in [3.8, 4) is 0 Å². The van der Waals surface area contributed by atoms with E-state index in [1.807, 2.05) is 63.3 Å². The number of para-hydroxylation sites is 1. The second-order valence-corrected chi connectivity index (χ2v) is 11.2. The molecule has 2 amide bonds. The van der Waals surface area contributed by atoms with Crippen LogP contribution in [-0.2, 0) is 19.1 Å². The zero-order valence-corrected chi connectivity index (χ0v) is 19.8. The molecular weight excluding hydrogens is 440 g/mol. The van der Waals surface area contributed by atoms with E-state index >= 15 is 0 Å². The third-order valence-corrected chi connectivity index (χ3v) is 9.16. The van der Waals surface area contributed by atoms with Gasteiger partial charge in [0, 0.05) is 23.5 Å². The summed E-state index contributed by atoms with van der Waals surface area (Å²) in [6, 6.07) is 5.08. The lowest BCUT2D eigenvalue weighted by atomic mass is 9.75. The van der Waals surface area contributed by atoms with Gasteiger partial charge in [-0.2, -0.15) is 0 Å². The van der Waals surface area contributed by atoms with Gasteiger partial charge in [0.15, 0.2) is 0 Å². The number of thioether (sulfide) groups is 1. The van der Waals surface area contributed by atoms with E-state index in [1.54, 1.807) is 4.90 Å². The molecule has 0 bridgehead atoms. The van der Waals surface area contributed by atoms with Crippen LogP contribution in [0.5, 0.6) is 0 Å². The highest BCUT2D eigenvalue weighted by molar-refractivity contribution is 8.02. The van der Waals surface area contributed by atoms with Crippen molar-refractivity contribution in [3.05, 3.63) is 53.6 Å². The lowest BCUT2D eigenvalue weighted by molar-refractivity contribution is -0.152. The fraction of sp³-hybridized carbons (Fsp3) is 0.480. The lowest BCUT2D eigenvalue weighted by Crippen LogP contribution is -2.54. The van der Waals surface area contributed by atoms with Gasteiger partial charge in [0.2, 0.25) is 5.91 Å². The number of aliphatic hydroxyl groups excluding tert-OH is 1. The predicted octanol–water partition coefficient (Wildman–Crippen LogP) is 2.00. The number of hydrogen-bond donors (Lipinski definition) is 1. The van der Waals surface area contributed by atoms with Crippen LogP contribution in [0.4, 0.5) is 5.69 Å². The molecule has 4 aliphatic heterocycles. The molecule has 1 aromatic rings. The van der Waals surface area contributed by atoms with Crippen LogP contribution < -0.4 is 4.90 Å². The summed E-state index contributed by atoms with van der Waals surface area (Å²) in [5.41, 5.74) is 2.79. The van der Waals surface area contributed by atoms with Gasteiger partial charge < -0.3 is 19.6 Å². The third kappa shape index (κ3) is 3.03. The number of aryl methyl sites for hydroxylation is 2. The summed E-state index contributed by atoms with van der Waals surface area (Å²) in [6.07, 6.45) is 7.68. The molecule has 0 aromatic heterocycles. The van der Waals surface area contributed by atoms with E-state index in [4.69, 9.17) is 4.74 Å². The molecule has 33 heavy (non-hydrogen) atoms. The number of fused-ring (bicyclic) bond motifs is 2. The van der Waals surface area contributed by atoms with Crippen LogP contribution >= 0.6 is 11.8 Å². The number of β-amino-alcohol motifs (C(OH)–C–C–N with tert-alkyl or cyclic N) is 1. The number of anilines is 1. The first kappa shape index (κ1) is 22.2. The number of rotatable bonds is 3. The van der Waals surface area contributed by atoms with Crippen molar-refractivity contribution in [2.24, 2.45) is 11.8 Å². The first-order valence-electron chi connectivity index (χ1n) is 11.3. The van der Waals surface area contributed by atoms with Gasteiger partial charge in [0.1, 0.15) is 12.6 Å². The molecule has 4 aliphatic rings. The molecule has 1 unspecified atom stereocenters. The number of likely N-dealkylation sites (tertiary alicyclic amines) is 1. The largest absolute Gasteiger partial charge is 0.461 e. The molecule has 7 nitrogen and oxygen atoms in total. The lowest BCUT2D eigenvalue weighted by Gasteiger charge is -2.37. The number of aliphatic hydroxyl groups is 1. The summed E-state index contributed by atoms with van der Waals surface area (Å²) in [7, 11) is 0. The number of amides is 2. The van der Waals surface area contributed by atoms with Gasteiger partial charge in [-0.05, 0) is 38.0 Å². The molecule has 2 saturated heterocycles. The van der Waals surface area contributed by atoms with Gasteiger partial charge in [-0.15, -0.1) is 11.8 Å². The normalized spacial score (nSPS) is 35.2. The Balaban J connectivity index is 1.68. The molecule has 1 spiro atoms. The van der Waals surface area contributed by atoms with Crippen molar-refractivity contribution < 1.29 is 24.2 Å². The molecule has 8 heteroatoms. The van der Waals surface area contributed by atoms with Crippen molar-refractivity contribution in [1.82, 2.24) is 4.90 Å². The number of carbonyl (C=O) groups excluding carboxylic acids is 3. The Morgan fingerprint density at radius 3 is 2.52 bits per heavy atom. The highest BCUT2D eigenvalue weighted by Gasteiger charge is 2.74. The number of carbonyl (C=O) groups is 3. The molecule has 5 atom stereocenters. The van der Waals surface area contributed by atoms with Crippen molar-refractivity contribution >= 4 is 35.2 Å². The molecular formula is C25H28N2O5S. The van der Waals surface area contributed by atoms with Crippen LogP contribution in [0.2, 0.25) is 0 Å². The number of esters is 1. The summed E-state index contributed by atoms with van der Waals surface area (Å²) in [4.78, 5) is 44.3. The molecule has 2 fully saturated rings. The molecule has 4 heterocycles. The number of nitrogens with zero attached hydrogens (tertiary/aromatic N) is 2. The van der Waals surface area contributed by atoms with Gasteiger partial charge in [-0.1, -0.05) is 36.4 Å². The Kier molecular flexibility index (Phi) is 5.21.